The second-order valence-electron chi connectivity index (χ2n) is 9.68. The number of carbonyl (C=O) groups is 1. The molecule has 0 amide bonds. The lowest BCUT2D eigenvalue weighted by atomic mass is 9.46. The van der Waals surface area contributed by atoms with Gasteiger partial charge in [0.1, 0.15) is 0 Å². The maximum absolute atomic E-state index is 11.9. The van der Waals surface area contributed by atoms with E-state index >= 15 is 0 Å². The van der Waals surface area contributed by atoms with E-state index in [1.165, 1.54) is 44.1 Å². The summed E-state index contributed by atoms with van der Waals surface area (Å²) in [7, 11) is 0. The summed E-state index contributed by atoms with van der Waals surface area (Å²) in [5.74, 6) is 3.83. The SMILES string of the molecule is C/C=C(\C)C1CCC2C3CCC4=CC(=O)CCC4(C)C3CCC12C. The van der Waals surface area contributed by atoms with Crippen LogP contribution in [0.2, 0.25) is 0 Å². The lowest BCUT2D eigenvalue weighted by Crippen LogP contribution is -2.50. The molecule has 0 radical (unpaired) electrons. The summed E-state index contributed by atoms with van der Waals surface area (Å²) in [6.45, 7) is 9.68. The standard InChI is InChI=1S/C23H34O/c1-5-15(2)19-8-9-20-18-7-6-16-14-17(24)10-12-22(16,3)21(18)11-13-23(19,20)4/h5,14,18-21H,6-13H2,1-4H3/b15-5+. The Morgan fingerprint density at radius 3 is 2.62 bits per heavy atom. The maximum Gasteiger partial charge on any atom is 0.155 e. The molecule has 1 heteroatoms. The van der Waals surface area contributed by atoms with Gasteiger partial charge >= 0.3 is 0 Å². The van der Waals surface area contributed by atoms with Crippen molar-refractivity contribution in [3.8, 4) is 0 Å². The number of allylic oxidation sites excluding steroid dienone is 3. The predicted molar refractivity (Wildman–Crippen MR) is 99.6 cm³/mol. The van der Waals surface area contributed by atoms with E-state index in [0.717, 1.165) is 36.5 Å². The van der Waals surface area contributed by atoms with E-state index in [4.69, 9.17) is 0 Å². The Kier molecular flexibility index (Phi) is 3.86. The lowest BCUT2D eigenvalue weighted by molar-refractivity contribution is -0.117. The Labute approximate surface area is 148 Å². The summed E-state index contributed by atoms with van der Waals surface area (Å²) in [5.41, 5.74) is 3.98. The highest BCUT2D eigenvalue weighted by molar-refractivity contribution is 5.91. The first-order valence-electron chi connectivity index (χ1n) is 10.3. The monoisotopic (exact) mass is 326 g/mol. The molecule has 0 aromatic heterocycles. The van der Waals surface area contributed by atoms with Crippen molar-refractivity contribution >= 4 is 5.78 Å². The van der Waals surface area contributed by atoms with Gasteiger partial charge in [-0.1, -0.05) is 31.1 Å². The summed E-state index contributed by atoms with van der Waals surface area (Å²) in [6, 6.07) is 0. The van der Waals surface area contributed by atoms with E-state index < -0.39 is 0 Å². The fourth-order valence-corrected chi connectivity index (χ4v) is 7.51. The molecule has 0 bridgehead atoms. The van der Waals surface area contributed by atoms with Crippen LogP contribution in [0.5, 0.6) is 0 Å². The molecule has 0 aromatic carbocycles. The van der Waals surface area contributed by atoms with Gasteiger partial charge in [0.15, 0.2) is 5.78 Å². The third-order valence-electron chi connectivity index (χ3n) is 8.97. The first-order valence-corrected chi connectivity index (χ1v) is 10.3. The van der Waals surface area contributed by atoms with Crippen molar-refractivity contribution in [3.63, 3.8) is 0 Å². The minimum Gasteiger partial charge on any atom is -0.295 e. The quantitative estimate of drug-likeness (QED) is 0.532. The van der Waals surface area contributed by atoms with Crippen LogP contribution in [0.3, 0.4) is 0 Å². The van der Waals surface area contributed by atoms with Gasteiger partial charge in [0, 0.05) is 6.42 Å². The molecule has 1 nitrogen and oxygen atoms in total. The molecule has 3 fully saturated rings. The Morgan fingerprint density at radius 2 is 1.88 bits per heavy atom. The second-order valence-corrected chi connectivity index (χ2v) is 9.68. The molecule has 0 aromatic rings. The van der Waals surface area contributed by atoms with E-state index in [1.807, 2.05) is 6.08 Å². The minimum atomic E-state index is 0.325. The molecular weight excluding hydrogens is 292 g/mol. The van der Waals surface area contributed by atoms with Gasteiger partial charge in [-0.05, 0) is 99.4 Å². The summed E-state index contributed by atoms with van der Waals surface area (Å²) in [5, 5.41) is 0. The molecule has 132 valence electrons. The van der Waals surface area contributed by atoms with E-state index in [2.05, 4.69) is 33.8 Å². The number of ketones is 1. The van der Waals surface area contributed by atoms with Crippen LogP contribution in [0.4, 0.5) is 0 Å². The van der Waals surface area contributed by atoms with Gasteiger partial charge in [0.2, 0.25) is 0 Å². The first kappa shape index (κ1) is 16.6. The van der Waals surface area contributed by atoms with E-state index in [0.29, 0.717) is 16.6 Å². The molecule has 3 saturated carbocycles. The van der Waals surface area contributed by atoms with Crippen molar-refractivity contribution in [1.29, 1.82) is 0 Å². The molecule has 0 aliphatic heterocycles. The zero-order valence-electron chi connectivity index (χ0n) is 16.0. The number of fused-ring (bicyclic) bond motifs is 5. The molecule has 4 rings (SSSR count). The van der Waals surface area contributed by atoms with E-state index in [1.54, 1.807) is 5.57 Å². The topological polar surface area (TPSA) is 17.1 Å². The molecule has 4 aliphatic rings. The predicted octanol–water partition coefficient (Wildman–Crippen LogP) is 6.10. The highest BCUT2D eigenvalue weighted by Gasteiger charge is 2.58. The number of hydrogen-bond donors (Lipinski definition) is 0. The highest BCUT2D eigenvalue weighted by Crippen LogP contribution is 2.67. The Morgan fingerprint density at radius 1 is 1.08 bits per heavy atom. The van der Waals surface area contributed by atoms with Crippen LogP contribution in [0.25, 0.3) is 0 Å². The first-order chi connectivity index (χ1) is 11.4. The van der Waals surface area contributed by atoms with Gasteiger partial charge in [-0.2, -0.15) is 0 Å². The van der Waals surface area contributed by atoms with Gasteiger partial charge in [-0.3, -0.25) is 4.79 Å². The average molecular weight is 327 g/mol. The molecule has 6 atom stereocenters. The van der Waals surface area contributed by atoms with Crippen LogP contribution in [0.15, 0.2) is 23.3 Å². The zero-order chi connectivity index (χ0) is 17.1. The number of hydrogen-bond acceptors (Lipinski definition) is 1. The lowest BCUT2D eigenvalue weighted by Gasteiger charge is -2.58. The van der Waals surface area contributed by atoms with Crippen LogP contribution in [0.1, 0.15) is 79.1 Å². The summed E-state index contributed by atoms with van der Waals surface area (Å²) in [4.78, 5) is 11.9. The van der Waals surface area contributed by atoms with Crippen molar-refractivity contribution in [2.75, 3.05) is 0 Å². The second kappa shape index (κ2) is 5.58. The van der Waals surface area contributed by atoms with Gasteiger partial charge in [-0.25, -0.2) is 0 Å². The van der Waals surface area contributed by atoms with Crippen LogP contribution in [0, 0.1) is 34.5 Å². The molecule has 0 spiro atoms. The fourth-order valence-electron chi connectivity index (χ4n) is 7.51. The molecule has 6 unspecified atom stereocenters. The number of carbonyl (C=O) groups excluding carboxylic acids is 1. The van der Waals surface area contributed by atoms with Crippen LogP contribution >= 0.6 is 0 Å². The molecule has 0 N–H and O–H groups in total. The molecular formula is C23H34O. The van der Waals surface area contributed by atoms with Crippen molar-refractivity contribution in [2.24, 2.45) is 34.5 Å². The molecule has 4 aliphatic carbocycles. The van der Waals surface area contributed by atoms with E-state index in [9.17, 15) is 4.79 Å². The third-order valence-corrected chi connectivity index (χ3v) is 8.97. The summed E-state index contributed by atoms with van der Waals surface area (Å²) < 4.78 is 0. The Hall–Kier alpha value is -0.850. The van der Waals surface area contributed by atoms with Gasteiger partial charge in [-0.15, -0.1) is 0 Å². The van der Waals surface area contributed by atoms with Crippen LogP contribution < -0.4 is 0 Å². The van der Waals surface area contributed by atoms with Gasteiger partial charge in [0.25, 0.3) is 0 Å². The summed E-state index contributed by atoms with van der Waals surface area (Å²) >= 11 is 0. The molecule has 0 saturated heterocycles. The van der Waals surface area contributed by atoms with Crippen molar-refractivity contribution in [3.05, 3.63) is 23.3 Å². The van der Waals surface area contributed by atoms with Gasteiger partial charge in [0.05, 0.1) is 0 Å². The molecule has 0 heterocycles. The summed E-state index contributed by atoms with van der Waals surface area (Å²) in [6.07, 6.45) is 14.4. The van der Waals surface area contributed by atoms with Crippen molar-refractivity contribution in [1.82, 2.24) is 0 Å². The largest absolute Gasteiger partial charge is 0.295 e. The highest BCUT2D eigenvalue weighted by atomic mass is 16.1. The average Bonchev–Trinajstić information content (AvgIpc) is 2.92. The van der Waals surface area contributed by atoms with Crippen molar-refractivity contribution in [2.45, 2.75) is 79.1 Å². The smallest absolute Gasteiger partial charge is 0.155 e. The van der Waals surface area contributed by atoms with E-state index in [-0.39, 0.29) is 0 Å². The van der Waals surface area contributed by atoms with Crippen molar-refractivity contribution < 1.29 is 4.79 Å². The van der Waals surface area contributed by atoms with Gasteiger partial charge < -0.3 is 0 Å². The maximum atomic E-state index is 11.9. The van der Waals surface area contributed by atoms with Crippen LogP contribution in [-0.4, -0.2) is 5.78 Å². The zero-order valence-corrected chi connectivity index (χ0v) is 16.0. The minimum absolute atomic E-state index is 0.325. The fraction of sp³-hybridized carbons (Fsp3) is 0.783. The Bertz CT molecular complexity index is 612. The molecule has 24 heavy (non-hydrogen) atoms. The number of rotatable bonds is 1. The normalized spacial score (nSPS) is 48.4. The third kappa shape index (κ3) is 2.15. The Balaban J connectivity index is 1.66. The van der Waals surface area contributed by atoms with Crippen LogP contribution in [-0.2, 0) is 4.79 Å².